The second-order valence-corrected chi connectivity index (χ2v) is 5.87. The van der Waals surface area contributed by atoms with Crippen molar-refractivity contribution >= 4 is 17.2 Å². The lowest BCUT2D eigenvalue weighted by molar-refractivity contribution is -0.138. The summed E-state index contributed by atoms with van der Waals surface area (Å²) in [5.74, 6) is 5.64. The van der Waals surface area contributed by atoms with Crippen LogP contribution < -0.4 is 0 Å². The standard InChI is InChI=1S/C15H19NO3S/c1-16(15(18)13-5-3-7-19-10-13)9-14-8-12(11-20-14)4-2-6-17/h8,11,13,17H,3,5-7,9-10H2,1H3. The van der Waals surface area contributed by atoms with E-state index in [4.69, 9.17) is 9.84 Å². The summed E-state index contributed by atoms with van der Waals surface area (Å²) in [5.41, 5.74) is 0.890. The molecule has 1 aliphatic rings. The molecule has 1 atom stereocenters. The number of aliphatic hydroxyl groups excluding tert-OH is 1. The van der Waals surface area contributed by atoms with Crippen LogP contribution in [0.5, 0.6) is 0 Å². The lowest BCUT2D eigenvalue weighted by atomic mass is 10.0. The van der Waals surface area contributed by atoms with E-state index in [1.165, 1.54) is 0 Å². The van der Waals surface area contributed by atoms with Gasteiger partial charge in [0.2, 0.25) is 5.91 Å². The topological polar surface area (TPSA) is 49.8 Å². The third kappa shape index (κ3) is 4.07. The Morgan fingerprint density at radius 3 is 3.20 bits per heavy atom. The number of nitrogens with zero attached hydrogens (tertiary/aromatic N) is 1. The number of carbonyl (C=O) groups is 1. The molecule has 1 amide bonds. The monoisotopic (exact) mass is 293 g/mol. The van der Waals surface area contributed by atoms with Gasteiger partial charge in [-0.15, -0.1) is 11.3 Å². The maximum atomic E-state index is 12.3. The van der Waals surface area contributed by atoms with Gasteiger partial charge in [0, 0.05) is 29.5 Å². The van der Waals surface area contributed by atoms with Gasteiger partial charge in [-0.05, 0) is 18.9 Å². The Morgan fingerprint density at radius 2 is 2.50 bits per heavy atom. The molecule has 0 aromatic carbocycles. The van der Waals surface area contributed by atoms with Crippen LogP contribution in [0.2, 0.25) is 0 Å². The second kappa shape index (κ2) is 7.44. The first-order valence-corrected chi connectivity index (χ1v) is 7.58. The van der Waals surface area contributed by atoms with Crippen LogP contribution in [0.25, 0.3) is 0 Å². The smallest absolute Gasteiger partial charge is 0.228 e. The first-order valence-electron chi connectivity index (χ1n) is 6.70. The van der Waals surface area contributed by atoms with Crippen LogP contribution in [0.3, 0.4) is 0 Å². The zero-order valence-electron chi connectivity index (χ0n) is 11.6. The van der Waals surface area contributed by atoms with Gasteiger partial charge in [0.15, 0.2) is 0 Å². The van der Waals surface area contributed by atoms with Gasteiger partial charge in [0.25, 0.3) is 0 Å². The zero-order valence-corrected chi connectivity index (χ0v) is 12.4. The van der Waals surface area contributed by atoms with Gasteiger partial charge in [-0.1, -0.05) is 11.8 Å². The Balaban J connectivity index is 1.91. The highest BCUT2D eigenvalue weighted by Crippen LogP contribution is 2.19. The van der Waals surface area contributed by atoms with Crippen molar-refractivity contribution in [2.24, 2.45) is 5.92 Å². The van der Waals surface area contributed by atoms with E-state index >= 15 is 0 Å². The number of ether oxygens (including phenoxy) is 1. The molecule has 2 heterocycles. The molecule has 0 aliphatic carbocycles. The summed E-state index contributed by atoms with van der Waals surface area (Å²) in [7, 11) is 1.83. The third-order valence-corrected chi connectivity index (χ3v) is 4.17. The largest absolute Gasteiger partial charge is 0.384 e. The summed E-state index contributed by atoms with van der Waals surface area (Å²) in [6.45, 7) is 1.78. The third-order valence-electron chi connectivity index (χ3n) is 3.24. The molecule has 1 aromatic rings. The highest BCUT2D eigenvalue weighted by Gasteiger charge is 2.24. The summed E-state index contributed by atoms with van der Waals surface area (Å²) >= 11 is 1.58. The van der Waals surface area contributed by atoms with Crippen molar-refractivity contribution in [3.8, 4) is 11.8 Å². The Labute approximate surface area is 123 Å². The number of carbonyl (C=O) groups excluding carboxylic acids is 1. The van der Waals surface area contributed by atoms with Crippen molar-refractivity contribution < 1.29 is 14.6 Å². The number of amides is 1. The fourth-order valence-electron chi connectivity index (χ4n) is 2.23. The Kier molecular flexibility index (Phi) is 5.60. The van der Waals surface area contributed by atoms with Crippen molar-refractivity contribution in [3.63, 3.8) is 0 Å². The number of rotatable bonds is 3. The SMILES string of the molecule is CN(Cc1cc(C#CCO)cs1)C(=O)C1CCCOC1. The van der Waals surface area contributed by atoms with E-state index in [0.717, 1.165) is 29.9 Å². The van der Waals surface area contributed by atoms with Crippen molar-refractivity contribution in [3.05, 3.63) is 21.9 Å². The van der Waals surface area contributed by atoms with Crippen molar-refractivity contribution in [1.29, 1.82) is 0 Å². The second-order valence-electron chi connectivity index (χ2n) is 4.87. The molecule has 1 N–H and O–H groups in total. The molecule has 0 radical (unpaired) electrons. The number of thiophene rings is 1. The van der Waals surface area contributed by atoms with Gasteiger partial charge in [-0.3, -0.25) is 4.79 Å². The van der Waals surface area contributed by atoms with Crippen LogP contribution in [0, 0.1) is 17.8 Å². The molecule has 2 rings (SSSR count). The van der Waals surface area contributed by atoms with Crippen LogP contribution in [0.4, 0.5) is 0 Å². The molecule has 4 nitrogen and oxygen atoms in total. The summed E-state index contributed by atoms with van der Waals surface area (Å²) in [5, 5.41) is 10.6. The van der Waals surface area contributed by atoms with E-state index in [1.807, 2.05) is 18.5 Å². The highest BCUT2D eigenvalue weighted by atomic mass is 32.1. The molecule has 0 bridgehead atoms. The molecule has 1 saturated heterocycles. The zero-order chi connectivity index (χ0) is 14.4. The maximum absolute atomic E-state index is 12.3. The Bertz CT molecular complexity index is 509. The molecular formula is C15H19NO3S. The first-order chi connectivity index (χ1) is 9.70. The molecule has 5 heteroatoms. The number of hydrogen-bond donors (Lipinski definition) is 1. The van der Waals surface area contributed by atoms with Gasteiger partial charge in [0.1, 0.15) is 6.61 Å². The highest BCUT2D eigenvalue weighted by molar-refractivity contribution is 7.10. The van der Waals surface area contributed by atoms with Gasteiger partial charge >= 0.3 is 0 Å². The molecule has 108 valence electrons. The molecule has 20 heavy (non-hydrogen) atoms. The normalized spacial score (nSPS) is 18.2. The molecule has 0 saturated carbocycles. The van der Waals surface area contributed by atoms with Gasteiger partial charge < -0.3 is 14.7 Å². The fourth-order valence-corrected chi connectivity index (χ4v) is 3.10. The lowest BCUT2D eigenvalue weighted by Gasteiger charge is -2.26. The maximum Gasteiger partial charge on any atom is 0.228 e. The number of aliphatic hydroxyl groups is 1. The van der Waals surface area contributed by atoms with Gasteiger partial charge in [-0.2, -0.15) is 0 Å². The summed E-state index contributed by atoms with van der Waals surface area (Å²) in [4.78, 5) is 15.1. The van der Waals surface area contributed by atoms with E-state index in [2.05, 4.69) is 11.8 Å². The molecule has 0 spiro atoms. The minimum Gasteiger partial charge on any atom is -0.384 e. The quantitative estimate of drug-likeness (QED) is 0.859. The number of hydrogen-bond acceptors (Lipinski definition) is 4. The summed E-state index contributed by atoms with van der Waals surface area (Å²) in [6.07, 6.45) is 1.88. The molecule has 1 fully saturated rings. The lowest BCUT2D eigenvalue weighted by Crippen LogP contribution is -2.36. The van der Waals surface area contributed by atoms with E-state index in [1.54, 1.807) is 16.2 Å². The summed E-state index contributed by atoms with van der Waals surface area (Å²) < 4.78 is 5.37. The van der Waals surface area contributed by atoms with E-state index < -0.39 is 0 Å². The minimum atomic E-state index is -0.134. The van der Waals surface area contributed by atoms with Gasteiger partial charge in [0.05, 0.1) is 19.1 Å². The van der Waals surface area contributed by atoms with Crippen LogP contribution in [0.1, 0.15) is 23.3 Å². The Hall–Kier alpha value is -1.35. The van der Waals surface area contributed by atoms with Crippen LogP contribution in [0.15, 0.2) is 11.4 Å². The van der Waals surface area contributed by atoms with E-state index in [9.17, 15) is 4.79 Å². The first kappa shape index (κ1) is 15.0. The molecular weight excluding hydrogens is 274 g/mol. The summed E-state index contributed by atoms with van der Waals surface area (Å²) in [6, 6.07) is 1.97. The van der Waals surface area contributed by atoms with Crippen LogP contribution in [-0.2, 0) is 16.1 Å². The average Bonchev–Trinajstić information content (AvgIpc) is 2.92. The van der Waals surface area contributed by atoms with Crippen molar-refractivity contribution in [1.82, 2.24) is 4.90 Å². The van der Waals surface area contributed by atoms with Crippen LogP contribution >= 0.6 is 11.3 Å². The van der Waals surface area contributed by atoms with Crippen molar-refractivity contribution in [2.75, 3.05) is 26.9 Å². The van der Waals surface area contributed by atoms with E-state index in [-0.39, 0.29) is 18.4 Å². The predicted octanol–water partition coefficient (Wildman–Crippen LogP) is 1.48. The minimum absolute atomic E-state index is 0.00219. The molecule has 1 unspecified atom stereocenters. The Morgan fingerprint density at radius 1 is 1.65 bits per heavy atom. The molecule has 1 aromatic heterocycles. The van der Waals surface area contributed by atoms with E-state index in [0.29, 0.717) is 13.2 Å². The van der Waals surface area contributed by atoms with Crippen molar-refractivity contribution in [2.45, 2.75) is 19.4 Å². The predicted molar refractivity (Wildman–Crippen MR) is 78.3 cm³/mol. The average molecular weight is 293 g/mol. The fraction of sp³-hybridized carbons (Fsp3) is 0.533. The van der Waals surface area contributed by atoms with Gasteiger partial charge in [-0.25, -0.2) is 0 Å². The molecule has 1 aliphatic heterocycles. The van der Waals surface area contributed by atoms with Crippen LogP contribution in [-0.4, -0.2) is 42.8 Å².